The molecule has 1 heterocycles. The fraction of sp³-hybridized carbons (Fsp3) is 0.667. The summed E-state index contributed by atoms with van der Waals surface area (Å²) < 4.78 is 27.7. The van der Waals surface area contributed by atoms with Crippen molar-refractivity contribution in [1.82, 2.24) is 14.3 Å². The van der Waals surface area contributed by atoms with E-state index in [2.05, 4.69) is 9.71 Å². The molecule has 0 aliphatic carbocycles. The van der Waals surface area contributed by atoms with Crippen LogP contribution in [0.15, 0.2) is 11.4 Å². The van der Waals surface area contributed by atoms with Gasteiger partial charge in [-0.2, -0.15) is 0 Å². The van der Waals surface area contributed by atoms with E-state index in [1.165, 1.54) is 10.9 Å². The highest BCUT2D eigenvalue weighted by atomic mass is 35.5. The summed E-state index contributed by atoms with van der Waals surface area (Å²) in [6.45, 7) is 3.34. The molecule has 0 saturated heterocycles. The van der Waals surface area contributed by atoms with E-state index < -0.39 is 16.1 Å². The first-order valence-corrected chi connectivity index (χ1v) is 6.95. The number of aliphatic hydroxyl groups is 1. The molecule has 0 aliphatic rings. The Hall–Kier alpha value is -0.630. The minimum absolute atomic E-state index is 0.0303. The molecule has 98 valence electrons. The molecule has 2 N–H and O–H groups in total. The lowest BCUT2D eigenvalue weighted by molar-refractivity contribution is 0.227. The van der Waals surface area contributed by atoms with E-state index in [1.54, 1.807) is 7.05 Å². The van der Waals surface area contributed by atoms with Crippen molar-refractivity contribution in [3.63, 3.8) is 0 Å². The first-order valence-electron chi connectivity index (χ1n) is 5.09. The predicted octanol–water partition coefficient (Wildman–Crippen LogP) is 0.369. The number of hydrogen-bond donors (Lipinski definition) is 2. The molecule has 0 unspecified atom stereocenters. The number of imidazole rings is 1. The number of sulfonamides is 1. The summed E-state index contributed by atoms with van der Waals surface area (Å²) in [5, 5.41) is 8.91. The number of aromatic nitrogens is 2. The van der Waals surface area contributed by atoms with Gasteiger partial charge in [-0.05, 0) is 5.92 Å². The highest BCUT2D eigenvalue weighted by Gasteiger charge is 2.26. The summed E-state index contributed by atoms with van der Waals surface area (Å²) in [5.41, 5.74) is 0. The van der Waals surface area contributed by atoms with E-state index in [0.29, 0.717) is 0 Å². The Labute approximate surface area is 106 Å². The Morgan fingerprint density at radius 2 is 2.18 bits per heavy atom. The lowest BCUT2D eigenvalue weighted by atomic mass is 10.1. The van der Waals surface area contributed by atoms with Crippen LogP contribution in [0.3, 0.4) is 0 Å². The topological polar surface area (TPSA) is 84.2 Å². The highest BCUT2D eigenvalue weighted by molar-refractivity contribution is 7.89. The zero-order valence-corrected chi connectivity index (χ0v) is 11.5. The van der Waals surface area contributed by atoms with E-state index in [1.807, 2.05) is 13.8 Å². The summed E-state index contributed by atoms with van der Waals surface area (Å²) in [5.74, 6) is -0.0303. The minimum atomic E-state index is -3.80. The molecule has 1 atom stereocenters. The number of nitrogens with one attached hydrogen (secondary N) is 1. The summed E-state index contributed by atoms with van der Waals surface area (Å²) in [6.07, 6.45) is 1.32. The molecule has 0 aliphatic heterocycles. The third-order valence-corrected chi connectivity index (χ3v) is 4.38. The minimum Gasteiger partial charge on any atom is -0.395 e. The Balaban J connectivity index is 3.00. The molecule has 8 heteroatoms. The number of nitrogens with zero attached hydrogens (tertiary/aromatic N) is 2. The van der Waals surface area contributed by atoms with Crippen LogP contribution >= 0.6 is 11.6 Å². The van der Waals surface area contributed by atoms with Crippen molar-refractivity contribution in [1.29, 1.82) is 0 Å². The van der Waals surface area contributed by atoms with Gasteiger partial charge in [0.05, 0.1) is 12.9 Å². The Bertz CT molecular complexity index is 484. The van der Waals surface area contributed by atoms with Gasteiger partial charge in [0.15, 0.2) is 0 Å². The lowest BCUT2D eigenvalue weighted by Crippen LogP contribution is -2.41. The molecule has 1 aromatic rings. The maximum atomic E-state index is 12.0. The number of rotatable bonds is 5. The molecular formula is C9H16ClN3O3S. The molecule has 0 amide bonds. The van der Waals surface area contributed by atoms with Crippen LogP contribution in [0.5, 0.6) is 0 Å². The summed E-state index contributed by atoms with van der Waals surface area (Å²) in [6, 6.07) is -0.557. The first-order chi connectivity index (χ1) is 7.79. The quantitative estimate of drug-likeness (QED) is 0.817. The van der Waals surface area contributed by atoms with Gasteiger partial charge in [0, 0.05) is 13.1 Å². The normalized spacial score (nSPS) is 14.2. The average molecular weight is 282 g/mol. The van der Waals surface area contributed by atoms with Gasteiger partial charge in [-0.15, -0.1) is 0 Å². The molecule has 0 saturated carbocycles. The van der Waals surface area contributed by atoms with Gasteiger partial charge in [-0.3, -0.25) is 0 Å². The van der Waals surface area contributed by atoms with Gasteiger partial charge < -0.3 is 9.67 Å². The molecule has 0 fully saturated rings. The summed E-state index contributed by atoms with van der Waals surface area (Å²) in [7, 11) is -2.20. The van der Waals surface area contributed by atoms with Crippen molar-refractivity contribution in [3.05, 3.63) is 11.5 Å². The van der Waals surface area contributed by atoms with Gasteiger partial charge in [-0.1, -0.05) is 25.4 Å². The molecular weight excluding hydrogens is 266 g/mol. The van der Waals surface area contributed by atoms with Crippen molar-refractivity contribution < 1.29 is 13.5 Å². The van der Waals surface area contributed by atoms with Gasteiger partial charge in [0.25, 0.3) is 10.0 Å². The molecule has 17 heavy (non-hydrogen) atoms. The maximum Gasteiger partial charge on any atom is 0.261 e. The molecule has 0 aromatic carbocycles. The number of halogens is 1. The SMILES string of the molecule is CC(C)[C@@H](CO)NS(=O)(=O)c1ncn(C)c1Cl. The standard InChI is InChI=1S/C9H16ClN3O3S/c1-6(2)7(4-14)12-17(15,16)9-8(10)13(3)5-11-9/h5-7,12,14H,4H2,1-3H3/t7-/m1/s1. The third-order valence-electron chi connectivity index (χ3n) is 2.40. The lowest BCUT2D eigenvalue weighted by Gasteiger charge is -2.19. The van der Waals surface area contributed by atoms with Crippen molar-refractivity contribution in [2.75, 3.05) is 6.61 Å². The largest absolute Gasteiger partial charge is 0.395 e. The van der Waals surface area contributed by atoms with Crippen molar-refractivity contribution >= 4 is 21.6 Å². The smallest absolute Gasteiger partial charge is 0.261 e. The molecule has 0 spiro atoms. The van der Waals surface area contributed by atoms with Gasteiger partial charge in [-0.25, -0.2) is 18.1 Å². The van der Waals surface area contributed by atoms with E-state index in [9.17, 15) is 8.42 Å². The third kappa shape index (κ3) is 3.19. The van der Waals surface area contributed by atoms with Crippen LogP contribution < -0.4 is 4.72 Å². The van der Waals surface area contributed by atoms with Gasteiger partial charge in [0.2, 0.25) is 5.03 Å². The fourth-order valence-corrected chi connectivity index (χ4v) is 3.02. The van der Waals surface area contributed by atoms with E-state index >= 15 is 0 Å². The Morgan fingerprint density at radius 3 is 2.53 bits per heavy atom. The summed E-state index contributed by atoms with van der Waals surface area (Å²) in [4.78, 5) is 3.73. The number of hydrogen-bond acceptors (Lipinski definition) is 4. The van der Waals surface area contributed by atoms with Crippen molar-refractivity contribution in [3.8, 4) is 0 Å². The summed E-state index contributed by atoms with van der Waals surface area (Å²) >= 11 is 5.82. The van der Waals surface area contributed by atoms with Crippen LogP contribution in [-0.4, -0.2) is 35.7 Å². The van der Waals surface area contributed by atoms with Crippen LogP contribution in [0, 0.1) is 5.92 Å². The van der Waals surface area contributed by atoms with Gasteiger partial charge in [0.1, 0.15) is 5.15 Å². The van der Waals surface area contributed by atoms with Gasteiger partial charge >= 0.3 is 0 Å². The van der Waals surface area contributed by atoms with Crippen LogP contribution in [-0.2, 0) is 17.1 Å². The van der Waals surface area contributed by atoms with Crippen LogP contribution in [0.4, 0.5) is 0 Å². The maximum absolute atomic E-state index is 12.0. The zero-order chi connectivity index (χ0) is 13.2. The van der Waals surface area contributed by atoms with Crippen LogP contribution in [0.2, 0.25) is 5.15 Å². The Kier molecular flexibility index (Phi) is 4.54. The zero-order valence-electron chi connectivity index (χ0n) is 9.88. The number of aliphatic hydroxyl groups excluding tert-OH is 1. The Morgan fingerprint density at radius 1 is 1.59 bits per heavy atom. The molecule has 0 bridgehead atoms. The second-order valence-electron chi connectivity index (χ2n) is 4.11. The predicted molar refractivity (Wildman–Crippen MR) is 64.3 cm³/mol. The second kappa shape index (κ2) is 5.34. The molecule has 1 aromatic heterocycles. The van der Waals surface area contributed by atoms with Crippen LogP contribution in [0.1, 0.15) is 13.8 Å². The monoisotopic (exact) mass is 281 g/mol. The first kappa shape index (κ1) is 14.4. The van der Waals surface area contributed by atoms with Crippen LogP contribution in [0.25, 0.3) is 0 Å². The molecule has 6 nitrogen and oxygen atoms in total. The van der Waals surface area contributed by atoms with E-state index in [4.69, 9.17) is 16.7 Å². The average Bonchev–Trinajstić information content (AvgIpc) is 2.56. The van der Waals surface area contributed by atoms with Crippen molar-refractivity contribution in [2.24, 2.45) is 13.0 Å². The second-order valence-corrected chi connectivity index (χ2v) is 6.09. The van der Waals surface area contributed by atoms with Crippen molar-refractivity contribution in [2.45, 2.75) is 24.9 Å². The highest BCUT2D eigenvalue weighted by Crippen LogP contribution is 2.19. The van der Waals surface area contributed by atoms with E-state index in [0.717, 1.165) is 0 Å². The molecule has 1 rings (SSSR count). The van der Waals surface area contributed by atoms with E-state index in [-0.39, 0.29) is 22.7 Å². The molecule has 0 radical (unpaired) electrons. The number of aryl methyl sites for hydroxylation is 1. The fourth-order valence-electron chi connectivity index (χ4n) is 1.21.